The number of hydrogen-bond acceptors (Lipinski definition) is 8. The Hall–Kier alpha value is -5.09. The lowest BCUT2D eigenvalue weighted by molar-refractivity contribution is -0.870. The Morgan fingerprint density at radius 2 is 0.635 bits per heavy atom. The first-order valence-corrected chi connectivity index (χ1v) is 33.6. The molecule has 85 heavy (non-hydrogen) atoms. The SMILES string of the molecule is CC/C=C\C/C=C\C/C=C\C/C=C\C/C=C\C/C=C\C/C=C\C/C=C\CCCCCCCCCCCCC(=O)OC(COC(=O)CCCCCCCCCCC/C=C\C/C=C\C/C=C\C/C=C\C/C=C\CC)COC(OCC[N+](C)(C)C)C(=O)[O-]. The van der Waals surface area contributed by atoms with Crippen molar-refractivity contribution in [2.45, 2.75) is 257 Å². The number of ether oxygens (including phenoxy) is 4. The van der Waals surface area contributed by atoms with Crippen molar-refractivity contribution in [3.63, 3.8) is 0 Å². The molecule has 9 nitrogen and oxygen atoms in total. The van der Waals surface area contributed by atoms with E-state index in [-0.39, 0.29) is 38.6 Å². The number of carbonyl (C=O) groups excluding carboxylic acids is 3. The highest BCUT2D eigenvalue weighted by molar-refractivity contribution is 5.70. The summed E-state index contributed by atoms with van der Waals surface area (Å²) in [5.41, 5.74) is 0. The third kappa shape index (κ3) is 66.3. The molecular formula is C76H123NO8. The number of carboxylic acids is 1. The van der Waals surface area contributed by atoms with Gasteiger partial charge in [-0.05, 0) is 122 Å². The van der Waals surface area contributed by atoms with E-state index in [2.05, 4.69) is 172 Å². The van der Waals surface area contributed by atoms with Gasteiger partial charge >= 0.3 is 11.9 Å². The number of likely N-dealkylation sites (N-methyl/N-ethyl adjacent to an activating group) is 1. The first kappa shape index (κ1) is 79.9. The van der Waals surface area contributed by atoms with Crippen molar-refractivity contribution in [2.75, 3.05) is 47.5 Å². The predicted molar refractivity (Wildman–Crippen MR) is 361 cm³/mol. The second-order valence-electron chi connectivity index (χ2n) is 23.0. The topological polar surface area (TPSA) is 111 Å². The van der Waals surface area contributed by atoms with Crippen LogP contribution in [0.15, 0.2) is 158 Å². The Balaban J connectivity index is 4.21. The minimum Gasteiger partial charge on any atom is -0.545 e. The maximum atomic E-state index is 12.9. The van der Waals surface area contributed by atoms with Crippen molar-refractivity contribution in [3.8, 4) is 0 Å². The van der Waals surface area contributed by atoms with E-state index in [1.165, 1.54) is 70.6 Å². The monoisotopic (exact) mass is 1180 g/mol. The maximum Gasteiger partial charge on any atom is 0.306 e. The maximum absolute atomic E-state index is 12.9. The highest BCUT2D eigenvalue weighted by Crippen LogP contribution is 2.15. The first-order valence-electron chi connectivity index (χ1n) is 33.6. The van der Waals surface area contributed by atoms with Crippen molar-refractivity contribution in [1.82, 2.24) is 0 Å². The Bertz CT molecular complexity index is 1950. The lowest BCUT2D eigenvalue weighted by Gasteiger charge is -2.26. The Labute approximate surface area is 521 Å². The van der Waals surface area contributed by atoms with Gasteiger partial charge < -0.3 is 33.3 Å². The number of hydrogen-bond donors (Lipinski definition) is 0. The van der Waals surface area contributed by atoms with Gasteiger partial charge in [-0.1, -0.05) is 268 Å². The van der Waals surface area contributed by atoms with Crippen molar-refractivity contribution >= 4 is 17.9 Å². The summed E-state index contributed by atoms with van der Waals surface area (Å²) < 4.78 is 22.8. The zero-order valence-electron chi connectivity index (χ0n) is 54.7. The summed E-state index contributed by atoms with van der Waals surface area (Å²) in [6, 6.07) is 0. The minimum atomic E-state index is -1.63. The van der Waals surface area contributed by atoms with Crippen LogP contribution in [0.4, 0.5) is 0 Å². The summed E-state index contributed by atoms with van der Waals surface area (Å²) in [5, 5.41) is 11.8. The fourth-order valence-corrected chi connectivity index (χ4v) is 8.70. The lowest BCUT2D eigenvalue weighted by atomic mass is 10.0. The second kappa shape index (κ2) is 64.9. The molecule has 0 aromatic heterocycles. The van der Waals surface area contributed by atoms with Crippen molar-refractivity contribution in [1.29, 1.82) is 0 Å². The molecular weight excluding hydrogens is 1050 g/mol. The summed E-state index contributed by atoms with van der Waals surface area (Å²) in [6.45, 7) is 4.50. The standard InChI is InChI=1S/C76H123NO8/c1-6-8-10-12-14-16-18-20-22-24-26-28-30-32-33-34-35-36-37-38-39-40-41-43-45-47-49-51-53-55-57-59-61-63-65-67-74(79)85-72(71-84-76(75(80)81)82-69-68-77(3,4)5)70-83-73(78)66-64-62-60-58-56-54-52-50-48-46-44-42-31-29-27-25-23-21-19-17-15-13-11-9-7-2/h8-11,14-17,20-23,26-29,32-33,35-36,38-39,41-44,72,76H,6-7,12-13,18-19,24-25,30-31,34,37,40,45-71H2,1-5H3/b10-8-,11-9-,16-14-,17-15-,22-20-,23-21-,28-26-,29-27-,33-32-,36-35-,39-38-,43-41-,44-42-. The summed E-state index contributed by atoms with van der Waals surface area (Å²) in [6.07, 6.45) is 93.0. The summed E-state index contributed by atoms with van der Waals surface area (Å²) in [7, 11) is 5.91. The third-order valence-electron chi connectivity index (χ3n) is 13.8. The molecule has 0 bridgehead atoms. The van der Waals surface area contributed by atoms with E-state index in [1.807, 2.05) is 21.1 Å². The lowest BCUT2D eigenvalue weighted by Crippen LogP contribution is -2.44. The van der Waals surface area contributed by atoms with Gasteiger partial charge in [0.2, 0.25) is 0 Å². The number of nitrogens with zero attached hydrogens (tertiary/aromatic N) is 1. The van der Waals surface area contributed by atoms with E-state index in [9.17, 15) is 19.5 Å². The smallest absolute Gasteiger partial charge is 0.306 e. The normalized spacial score (nSPS) is 13.8. The zero-order chi connectivity index (χ0) is 61.9. The van der Waals surface area contributed by atoms with Crippen LogP contribution in [0.25, 0.3) is 0 Å². The van der Waals surface area contributed by atoms with E-state index in [0.717, 1.165) is 141 Å². The third-order valence-corrected chi connectivity index (χ3v) is 13.8. The van der Waals surface area contributed by atoms with E-state index < -0.39 is 24.3 Å². The molecule has 0 aliphatic carbocycles. The number of allylic oxidation sites excluding steroid dienone is 26. The van der Waals surface area contributed by atoms with Crippen LogP contribution < -0.4 is 5.11 Å². The number of carbonyl (C=O) groups is 3. The number of aliphatic carboxylic acids is 1. The van der Waals surface area contributed by atoms with E-state index in [0.29, 0.717) is 17.4 Å². The molecule has 0 radical (unpaired) electrons. The average Bonchev–Trinajstić information content (AvgIpc) is 3.48. The van der Waals surface area contributed by atoms with Gasteiger partial charge in [-0.3, -0.25) is 9.59 Å². The molecule has 2 unspecified atom stereocenters. The summed E-state index contributed by atoms with van der Waals surface area (Å²) >= 11 is 0. The Morgan fingerprint density at radius 3 is 0.941 bits per heavy atom. The fraction of sp³-hybridized carbons (Fsp3) is 0.618. The van der Waals surface area contributed by atoms with Crippen LogP contribution >= 0.6 is 0 Å². The number of rotatable bonds is 60. The van der Waals surface area contributed by atoms with Gasteiger partial charge in [0.15, 0.2) is 12.4 Å². The van der Waals surface area contributed by atoms with Crippen LogP contribution in [0.2, 0.25) is 0 Å². The quantitative estimate of drug-likeness (QED) is 0.0195. The van der Waals surface area contributed by atoms with Gasteiger partial charge in [-0.2, -0.15) is 0 Å². The highest BCUT2D eigenvalue weighted by atomic mass is 16.7. The van der Waals surface area contributed by atoms with Gasteiger partial charge in [-0.25, -0.2) is 0 Å². The summed E-state index contributed by atoms with van der Waals surface area (Å²) in [4.78, 5) is 37.5. The number of quaternary nitrogens is 1. The van der Waals surface area contributed by atoms with Crippen molar-refractivity contribution in [3.05, 3.63) is 158 Å². The van der Waals surface area contributed by atoms with Gasteiger partial charge in [0.05, 0.1) is 40.3 Å². The largest absolute Gasteiger partial charge is 0.545 e. The van der Waals surface area contributed by atoms with Crippen molar-refractivity contribution in [2.24, 2.45) is 0 Å². The van der Waals surface area contributed by atoms with Crippen LogP contribution in [0.5, 0.6) is 0 Å². The minimum absolute atomic E-state index is 0.138. The van der Waals surface area contributed by atoms with Crippen LogP contribution in [-0.2, 0) is 33.3 Å². The van der Waals surface area contributed by atoms with Crippen LogP contribution in [0.3, 0.4) is 0 Å². The summed E-state index contributed by atoms with van der Waals surface area (Å²) in [5.74, 6) is -2.31. The van der Waals surface area contributed by atoms with Gasteiger partial charge in [0.25, 0.3) is 0 Å². The number of carboxylic acid groups (broad SMARTS) is 1. The predicted octanol–water partition coefficient (Wildman–Crippen LogP) is 19.6. The van der Waals surface area contributed by atoms with Crippen LogP contribution in [0.1, 0.15) is 245 Å². The number of esters is 2. The van der Waals surface area contributed by atoms with Crippen molar-refractivity contribution < 1.29 is 42.9 Å². The zero-order valence-corrected chi connectivity index (χ0v) is 54.7. The molecule has 0 heterocycles. The molecule has 0 aromatic rings. The van der Waals surface area contributed by atoms with Gasteiger partial charge in [0, 0.05) is 12.8 Å². The first-order chi connectivity index (χ1) is 41.6. The Kier molecular flexibility index (Phi) is 61.0. The molecule has 0 N–H and O–H groups in total. The molecule has 0 saturated carbocycles. The second-order valence-corrected chi connectivity index (χ2v) is 23.0. The van der Waals surface area contributed by atoms with Gasteiger partial charge in [0.1, 0.15) is 13.2 Å². The molecule has 2 atom stereocenters. The molecule has 0 spiro atoms. The highest BCUT2D eigenvalue weighted by Gasteiger charge is 2.22. The van der Waals surface area contributed by atoms with E-state index in [4.69, 9.17) is 18.9 Å². The molecule has 0 rings (SSSR count). The van der Waals surface area contributed by atoms with Crippen LogP contribution in [-0.4, -0.2) is 82.3 Å². The molecule has 0 aliphatic rings. The van der Waals surface area contributed by atoms with Gasteiger partial charge in [-0.15, -0.1) is 0 Å². The molecule has 0 fully saturated rings. The van der Waals surface area contributed by atoms with Crippen LogP contribution in [0, 0.1) is 0 Å². The molecule has 0 aliphatic heterocycles. The van der Waals surface area contributed by atoms with E-state index in [1.54, 1.807) is 0 Å². The molecule has 9 heteroatoms. The number of unbranched alkanes of at least 4 members (excludes halogenated alkanes) is 19. The molecule has 0 amide bonds. The van der Waals surface area contributed by atoms with E-state index >= 15 is 0 Å². The molecule has 0 aromatic carbocycles. The molecule has 0 saturated heterocycles. The fourth-order valence-electron chi connectivity index (χ4n) is 8.70. The average molecular weight is 1180 g/mol. The Morgan fingerprint density at radius 1 is 0.353 bits per heavy atom. The molecule has 480 valence electrons.